The Kier molecular flexibility index (Phi) is 7.31. The lowest BCUT2D eigenvalue weighted by molar-refractivity contribution is -0.123. The van der Waals surface area contributed by atoms with Crippen LogP contribution in [-0.4, -0.2) is 52.1 Å². The lowest BCUT2D eigenvalue weighted by Gasteiger charge is -2.39. The summed E-state index contributed by atoms with van der Waals surface area (Å²) in [7, 11) is -2.94. The molecule has 0 spiro atoms. The number of hydrogen-bond acceptors (Lipinski definition) is 9. The fourth-order valence-electron chi connectivity index (χ4n) is 3.25. The zero-order valence-electron chi connectivity index (χ0n) is 18.2. The molecule has 0 aliphatic carbocycles. The summed E-state index contributed by atoms with van der Waals surface area (Å²) in [6.45, 7) is 1.82. The Labute approximate surface area is 194 Å². The number of halogens is 2. The van der Waals surface area contributed by atoms with Crippen LogP contribution in [0.3, 0.4) is 0 Å². The number of methoxy groups -OCH3 is 1. The molecule has 1 aromatic heterocycles. The fraction of sp³-hybridized carbons (Fsp3) is 0.333. The molecule has 2 heterocycles. The largest absolute Gasteiger partial charge is 0.480 e. The van der Waals surface area contributed by atoms with Crippen LogP contribution in [0, 0.1) is 28.9 Å². The van der Waals surface area contributed by atoms with Crippen molar-refractivity contribution in [1.29, 1.82) is 5.26 Å². The normalized spacial score (nSPS) is 13.6. The van der Waals surface area contributed by atoms with Crippen molar-refractivity contribution in [2.45, 2.75) is 12.7 Å². The molecule has 3 rings (SSSR count). The van der Waals surface area contributed by atoms with Gasteiger partial charge >= 0.3 is 5.97 Å². The number of nitrogens with one attached hydrogen (secondary N) is 1. The van der Waals surface area contributed by atoms with Gasteiger partial charge in [0, 0.05) is 24.7 Å². The topological polar surface area (TPSA) is 139 Å². The summed E-state index contributed by atoms with van der Waals surface area (Å²) in [5.74, 6) is -4.91. The smallest absolute Gasteiger partial charge is 0.343 e. The Bertz CT molecular complexity index is 1270. The molecule has 10 nitrogen and oxygen atoms in total. The minimum Gasteiger partial charge on any atom is -0.480 e. The predicted molar refractivity (Wildman–Crippen MR) is 114 cm³/mol. The van der Waals surface area contributed by atoms with Gasteiger partial charge in [0.1, 0.15) is 23.3 Å². The van der Waals surface area contributed by atoms with Gasteiger partial charge in [-0.25, -0.2) is 22.0 Å². The Morgan fingerprint density at radius 3 is 2.59 bits per heavy atom. The minimum atomic E-state index is -4.24. The number of pyridine rings is 1. The molecule has 0 atom stereocenters. The average molecular weight is 494 g/mol. The third kappa shape index (κ3) is 5.40. The Morgan fingerprint density at radius 2 is 2.00 bits per heavy atom. The number of nitriles is 1. The van der Waals surface area contributed by atoms with Crippen LogP contribution in [0.4, 0.5) is 14.6 Å². The van der Waals surface area contributed by atoms with Gasteiger partial charge in [0.15, 0.2) is 5.82 Å². The molecule has 1 fully saturated rings. The van der Waals surface area contributed by atoms with Crippen molar-refractivity contribution in [1.82, 2.24) is 9.71 Å². The van der Waals surface area contributed by atoms with E-state index in [9.17, 15) is 32.0 Å². The van der Waals surface area contributed by atoms with Gasteiger partial charge in [-0.1, -0.05) is 6.07 Å². The number of esters is 1. The molecular weight excluding hydrogens is 474 g/mol. The monoisotopic (exact) mass is 494 g/mol. The van der Waals surface area contributed by atoms with E-state index in [0.717, 1.165) is 12.1 Å². The van der Waals surface area contributed by atoms with Gasteiger partial charge in [-0.15, -0.1) is 0 Å². The van der Waals surface area contributed by atoms with Crippen LogP contribution >= 0.6 is 0 Å². The van der Waals surface area contributed by atoms with Crippen molar-refractivity contribution >= 4 is 27.7 Å². The molecule has 1 saturated heterocycles. The number of hydrogen-bond donors (Lipinski definition) is 1. The fourth-order valence-corrected chi connectivity index (χ4v) is 4.44. The van der Waals surface area contributed by atoms with Crippen molar-refractivity contribution in [3.05, 3.63) is 52.6 Å². The molecule has 0 saturated carbocycles. The first kappa shape index (κ1) is 24.8. The quantitative estimate of drug-likeness (QED) is 0.541. The van der Waals surface area contributed by atoms with Crippen LogP contribution in [0.2, 0.25) is 0 Å². The molecule has 1 aromatic carbocycles. The lowest BCUT2D eigenvalue weighted by Crippen LogP contribution is -2.55. The van der Waals surface area contributed by atoms with Crippen LogP contribution in [0.25, 0.3) is 0 Å². The summed E-state index contributed by atoms with van der Waals surface area (Å²) in [4.78, 5) is 30.2. The van der Waals surface area contributed by atoms with E-state index in [2.05, 4.69) is 4.98 Å². The van der Waals surface area contributed by atoms with Gasteiger partial charge in [-0.05, 0) is 19.1 Å². The predicted octanol–water partition coefficient (Wildman–Crippen LogP) is 1.50. The van der Waals surface area contributed by atoms with E-state index < -0.39 is 45.2 Å². The van der Waals surface area contributed by atoms with Crippen molar-refractivity contribution < 1.29 is 36.3 Å². The van der Waals surface area contributed by atoms with E-state index in [1.165, 1.54) is 13.2 Å². The lowest BCUT2D eigenvalue weighted by atomic mass is 9.98. The van der Waals surface area contributed by atoms with E-state index in [0.29, 0.717) is 6.07 Å². The molecule has 2 aromatic rings. The molecule has 1 aliphatic heterocycles. The maximum Gasteiger partial charge on any atom is 0.343 e. The maximum absolute atomic E-state index is 13.8. The van der Waals surface area contributed by atoms with Gasteiger partial charge < -0.3 is 14.4 Å². The van der Waals surface area contributed by atoms with Crippen LogP contribution in [-0.2, 0) is 25.3 Å². The van der Waals surface area contributed by atoms with Gasteiger partial charge in [-0.2, -0.15) is 10.2 Å². The first-order valence-corrected chi connectivity index (χ1v) is 11.6. The Morgan fingerprint density at radius 1 is 1.29 bits per heavy atom. The maximum atomic E-state index is 13.8. The molecule has 0 bridgehead atoms. The summed E-state index contributed by atoms with van der Waals surface area (Å²) >= 11 is 0. The van der Waals surface area contributed by atoms with E-state index in [4.69, 9.17) is 9.47 Å². The van der Waals surface area contributed by atoms with Crippen molar-refractivity contribution in [2.75, 3.05) is 31.7 Å². The number of carbonyl (C=O) groups excluding carboxylic acids is 2. The first-order valence-electron chi connectivity index (χ1n) is 9.98. The highest BCUT2D eigenvalue weighted by atomic mass is 32.2. The zero-order chi connectivity index (χ0) is 25.0. The minimum absolute atomic E-state index is 0.0291. The summed E-state index contributed by atoms with van der Waals surface area (Å²) < 4.78 is 63.2. The van der Waals surface area contributed by atoms with E-state index in [1.54, 1.807) is 11.8 Å². The van der Waals surface area contributed by atoms with Gasteiger partial charge in [0.2, 0.25) is 21.8 Å². The summed E-state index contributed by atoms with van der Waals surface area (Å²) in [5.41, 5.74) is -0.269. The number of anilines is 1. The van der Waals surface area contributed by atoms with E-state index in [1.807, 2.05) is 10.8 Å². The SMILES string of the molecule is CCOC(=O)c1cc(C#N)c(N2CC(C(=O)NS(=O)(=O)Cc3ccc(F)cc3F)C2)nc1OC. The van der Waals surface area contributed by atoms with E-state index >= 15 is 0 Å². The number of rotatable bonds is 8. The summed E-state index contributed by atoms with van der Waals surface area (Å²) in [6.07, 6.45) is 0. The van der Waals surface area contributed by atoms with Gasteiger partial charge in [-0.3, -0.25) is 9.52 Å². The number of nitrogens with zero attached hydrogens (tertiary/aromatic N) is 3. The van der Waals surface area contributed by atoms with Crippen LogP contribution in [0.15, 0.2) is 24.3 Å². The van der Waals surface area contributed by atoms with Crippen molar-refractivity contribution in [3.63, 3.8) is 0 Å². The third-order valence-corrected chi connectivity index (χ3v) is 6.15. The van der Waals surface area contributed by atoms with Gasteiger partial charge in [0.25, 0.3) is 0 Å². The summed E-state index contributed by atoms with van der Waals surface area (Å²) in [6, 6.07) is 5.66. The molecule has 34 heavy (non-hydrogen) atoms. The van der Waals surface area contributed by atoms with Crippen LogP contribution in [0.1, 0.15) is 28.4 Å². The highest BCUT2D eigenvalue weighted by Gasteiger charge is 2.37. The van der Waals surface area contributed by atoms with Crippen LogP contribution in [0.5, 0.6) is 5.88 Å². The molecule has 1 aliphatic rings. The number of sulfonamides is 1. The zero-order valence-corrected chi connectivity index (χ0v) is 19.0. The highest BCUT2D eigenvalue weighted by molar-refractivity contribution is 7.89. The first-order chi connectivity index (χ1) is 16.1. The standard InChI is InChI=1S/C21H20F2N4O6S/c1-3-33-21(29)16-6-13(8-24)18(25-20(16)32-2)27-9-14(10-27)19(28)26-34(30,31)11-12-4-5-15(22)7-17(12)23/h4-7,14H,3,9-11H2,1-2H3,(H,26,28). The van der Waals surface area contributed by atoms with Gasteiger partial charge in [0.05, 0.1) is 31.0 Å². The number of benzene rings is 1. The molecule has 1 N–H and O–H groups in total. The molecule has 0 unspecified atom stereocenters. The second kappa shape index (κ2) is 10.0. The molecular formula is C21H20F2N4O6S. The van der Waals surface area contributed by atoms with Crippen molar-refractivity contribution in [2.24, 2.45) is 5.92 Å². The van der Waals surface area contributed by atoms with Crippen molar-refractivity contribution in [3.8, 4) is 11.9 Å². The third-order valence-electron chi connectivity index (χ3n) is 4.95. The number of carbonyl (C=O) groups is 2. The molecule has 13 heteroatoms. The summed E-state index contributed by atoms with van der Waals surface area (Å²) in [5, 5.41) is 9.47. The Hall–Kier alpha value is -3.79. The second-order valence-electron chi connectivity index (χ2n) is 7.31. The molecule has 1 amide bonds. The Balaban J connectivity index is 1.69. The highest BCUT2D eigenvalue weighted by Crippen LogP contribution is 2.31. The number of ether oxygens (including phenoxy) is 2. The second-order valence-corrected chi connectivity index (χ2v) is 9.03. The average Bonchev–Trinajstić information content (AvgIpc) is 2.74. The molecule has 180 valence electrons. The number of amides is 1. The van der Waals surface area contributed by atoms with E-state index in [-0.39, 0.29) is 48.1 Å². The number of aromatic nitrogens is 1. The van der Waals surface area contributed by atoms with Crippen LogP contribution < -0.4 is 14.4 Å². The molecule has 0 radical (unpaired) electrons.